The van der Waals surface area contributed by atoms with Crippen molar-refractivity contribution in [3.63, 3.8) is 0 Å². The summed E-state index contributed by atoms with van der Waals surface area (Å²) >= 11 is 0. The molecular formula is C27H28N2O4. The number of aliphatic hydroxyl groups excluding tert-OH is 2. The third kappa shape index (κ3) is 4.67. The summed E-state index contributed by atoms with van der Waals surface area (Å²) in [4.78, 5) is 10.8. The number of carboxylic acids is 1. The van der Waals surface area contributed by atoms with Crippen LogP contribution in [0.3, 0.4) is 0 Å². The Kier molecular flexibility index (Phi) is 6.58. The molecule has 2 unspecified atom stereocenters. The third-order valence-corrected chi connectivity index (χ3v) is 5.77. The molecule has 0 aliphatic rings. The van der Waals surface area contributed by atoms with Gasteiger partial charge in [-0.05, 0) is 11.5 Å². The van der Waals surface area contributed by atoms with Crippen LogP contribution in [0.5, 0.6) is 0 Å². The van der Waals surface area contributed by atoms with Gasteiger partial charge in [0.25, 0.3) is 0 Å². The summed E-state index contributed by atoms with van der Waals surface area (Å²) in [5.41, 5.74) is 5.04. The highest BCUT2D eigenvalue weighted by molar-refractivity contribution is 6.06. The maximum absolute atomic E-state index is 10.8. The van der Waals surface area contributed by atoms with Gasteiger partial charge in [0.15, 0.2) is 0 Å². The van der Waals surface area contributed by atoms with Crippen LogP contribution in [0.4, 0.5) is 0 Å². The summed E-state index contributed by atoms with van der Waals surface area (Å²) in [5.74, 6) is -0.943. The normalized spacial score (nSPS) is 13.8. The van der Waals surface area contributed by atoms with Crippen LogP contribution in [0, 0.1) is 0 Å². The van der Waals surface area contributed by atoms with Crippen molar-refractivity contribution in [1.82, 2.24) is 9.61 Å². The number of carboxylic acid groups (broad SMARTS) is 1. The van der Waals surface area contributed by atoms with Crippen LogP contribution in [0.1, 0.15) is 43.9 Å². The Labute approximate surface area is 192 Å². The van der Waals surface area contributed by atoms with Crippen molar-refractivity contribution in [2.45, 2.75) is 44.8 Å². The second-order valence-corrected chi connectivity index (χ2v) is 8.60. The highest BCUT2D eigenvalue weighted by Crippen LogP contribution is 2.40. The molecule has 0 radical (unpaired) electrons. The van der Waals surface area contributed by atoms with Crippen molar-refractivity contribution >= 4 is 28.3 Å². The fourth-order valence-corrected chi connectivity index (χ4v) is 4.38. The van der Waals surface area contributed by atoms with Crippen LogP contribution in [0.15, 0.2) is 66.9 Å². The van der Waals surface area contributed by atoms with E-state index in [-0.39, 0.29) is 12.3 Å². The number of rotatable bonds is 8. The Balaban J connectivity index is 1.92. The number of benzene rings is 2. The monoisotopic (exact) mass is 444 g/mol. The summed E-state index contributed by atoms with van der Waals surface area (Å²) < 4.78 is 1.99. The average Bonchev–Trinajstić information content (AvgIpc) is 3.12. The first-order valence-electron chi connectivity index (χ1n) is 11.1. The smallest absolute Gasteiger partial charge is 0.305 e. The molecule has 170 valence electrons. The summed E-state index contributed by atoms with van der Waals surface area (Å²) in [6.07, 6.45) is 2.83. The molecular weight excluding hydrogens is 416 g/mol. The molecule has 0 spiro atoms. The number of fused-ring (bicyclic) bond motifs is 3. The number of hydrogen-bond donors (Lipinski definition) is 3. The lowest BCUT2D eigenvalue weighted by Crippen LogP contribution is -2.19. The average molecular weight is 445 g/mol. The van der Waals surface area contributed by atoms with E-state index in [0.717, 1.165) is 38.7 Å². The number of carbonyl (C=O) groups is 1. The topological polar surface area (TPSA) is 95.1 Å². The zero-order valence-corrected chi connectivity index (χ0v) is 18.7. The van der Waals surface area contributed by atoms with E-state index in [1.54, 1.807) is 6.08 Å². The summed E-state index contributed by atoms with van der Waals surface area (Å²) in [6.45, 7) is 4.22. The Bertz CT molecular complexity index is 1310. The van der Waals surface area contributed by atoms with Gasteiger partial charge in [-0.25, -0.2) is 4.52 Å². The molecule has 2 aromatic carbocycles. The first kappa shape index (κ1) is 22.7. The van der Waals surface area contributed by atoms with Crippen molar-refractivity contribution in [2.75, 3.05) is 0 Å². The van der Waals surface area contributed by atoms with Crippen molar-refractivity contribution in [3.05, 3.63) is 78.1 Å². The largest absolute Gasteiger partial charge is 0.481 e. The van der Waals surface area contributed by atoms with Crippen LogP contribution < -0.4 is 0 Å². The van der Waals surface area contributed by atoms with E-state index < -0.39 is 24.6 Å². The van der Waals surface area contributed by atoms with Gasteiger partial charge in [0.05, 0.1) is 36.0 Å². The number of nitrogens with zero attached hydrogens (tertiary/aromatic N) is 2. The molecule has 4 rings (SSSR count). The minimum atomic E-state index is -1.11. The molecule has 33 heavy (non-hydrogen) atoms. The first-order chi connectivity index (χ1) is 15.9. The third-order valence-electron chi connectivity index (χ3n) is 5.77. The lowest BCUT2D eigenvalue weighted by Gasteiger charge is -2.12. The van der Waals surface area contributed by atoms with E-state index >= 15 is 0 Å². The highest BCUT2D eigenvalue weighted by Gasteiger charge is 2.23. The van der Waals surface area contributed by atoms with Crippen molar-refractivity contribution < 1.29 is 20.1 Å². The summed E-state index contributed by atoms with van der Waals surface area (Å²) in [6, 6.07) is 18.2. The molecule has 6 nitrogen and oxygen atoms in total. The minimum absolute atomic E-state index is 0.0466. The van der Waals surface area contributed by atoms with Crippen LogP contribution in [-0.2, 0) is 4.79 Å². The van der Waals surface area contributed by atoms with Gasteiger partial charge in [-0.2, -0.15) is 5.10 Å². The molecule has 0 aliphatic carbocycles. The Morgan fingerprint density at radius 3 is 2.45 bits per heavy atom. The molecule has 0 amide bonds. The van der Waals surface area contributed by atoms with Gasteiger partial charge < -0.3 is 15.3 Å². The van der Waals surface area contributed by atoms with Crippen LogP contribution >= 0.6 is 0 Å². The predicted molar refractivity (Wildman–Crippen MR) is 130 cm³/mol. The van der Waals surface area contributed by atoms with Gasteiger partial charge in [0.1, 0.15) is 0 Å². The standard InChI is InChI=1S/C27H28N2O4/c1-17(2)26-23(13-12-20(30)14-21(31)15-24(32)33)25(18-8-4-3-5-9-18)27-22-11-7-6-10-19(22)16-28-29(26)27/h3-13,16-17,20-21,30-31H,14-15H2,1-2H3,(H,32,33). The molecule has 2 aromatic heterocycles. The molecule has 6 heteroatoms. The van der Waals surface area contributed by atoms with Crippen LogP contribution in [0.2, 0.25) is 0 Å². The lowest BCUT2D eigenvalue weighted by molar-refractivity contribution is -0.139. The van der Waals surface area contributed by atoms with E-state index in [4.69, 9.17) is 10.2 Å². The molecule has 0 fully saturated rings. The molecule has 2 heterocycles. The maximum atomic E-state index is 10.8. The fraction of sp³-hybridized carbons (Fsp3) is 0.259. The molecule has 2 atom stereocenters. The zero-order valence-electron chi connectivity index (χ0n) is 18.7. The molecule has 0 saturated carbocycles. The van der Waals surface area contributed by atoms with Gasteiger partial charge >= 0.3 is 5.97 Å². The maximum Gasteiger partial charge on any atom is 0.305 e. The number of aromatic nitrogens is 2. The van der Waals surface area contributed by atoms with E-state index in [9.17, 15) is 15.0 Å². The zero-order chi connectivity index (χ0) is 23.5. The first-order valence-corrected chi connectivity index (χ1v) is 11.1. The molecule has 0 aliphatic heterocycles. The van der Waals surface area contributed by atoms with Gasteiger partial charge in [-0.3, -0.25) is 4.79 Å². The molecule has 3 N–H and O–H groups in total. The quantitative estimate of drug-likeness (QED) is 0.360. The van der Waals surface area contributed by atoms with Crippen LogP contribution in [-0.4, -0.2) is 43.1 Å². The van der Waals surface area contributed by atoms with Crippen molar-refractivity contribution in [2.24, 2.45) is 0 Å². The molecule has 0 saturated heterocycles. The minimum Gasteiger partial charge on any atom is -0.481 e. The summed E-state index contributed by atoms with van der Waals surface area (Å²) in [7, 11) is 0. The predicted octanol–water partition coefficient (Wildman–Crippen LogP) is 4.88. The van der Waals surface area contributed by atoms with Gasteiger partial charge in [0, 0.05) is 28.3 Å². The highest BCUT2D eigenvalue weighted by atomic mass is 16.4. The van der Waals surface area contributed by atoms with Crippen LogP contribution in [0.25, 0.3) is 33.5 Å². The van der Waals surface area contributed by atoms with Crippen molar-refractivity contribution in [1.29, 1.82) is 0 Å². The Hall–Kier alpha value is -3.48. The lowest BCUT2D eigenvalue weighted by atomic mass is 9.95. The molecule has 0 bridgehead atoms. The Morgan fingerprint density at radius 1 is 1.06 bits per heavy atom. The Morgan fingerprint density at radius 2 is 1.76 bits per heavy atom. The van der Waals surface area contributed by atoms with E-state index in [1.165, 1.54) is 0 Å². The number of aliphatic hydroxyl groups is 2. The van der Waals surface area contributed by atoms with Gasteiger partial charge in [-0.15, -0.1) is 0 Å². The van der Waals surface area contributed by atoms with E-state index in [2.05, 4.69) is 32.0 Å². The second-order valence-electron chi connectivity index (χ2n) is 8.60. The SMILES string of the molecule is CC(C)c1c(C=CC(O)CC(O)CC(=O)O)c(-c2ccccc2)c2c3ccccc3cnn12. The fourth-order valence-electron chi connectivity index (χ4n) is 4.38. The molecule has 4 aromatic rings. The number of hydrogen-bond acceptors (Lipinski definition) is 4. The van der Waals surface area contributed by atoms with Gasteiger partial charge in [0.2, 0.25) is 0 Å². The number of aliphatic carboxylic acids is 1. The van der Waals surface area contributed by atoms with Gasteiger partial charge in [-0.1, -0.05) is 80.6 Å². The second kappa shape index (κ2) is 9.57. The van der Waals surface area contributed by atoms with E-state index in [0.29, 0.717) is 0 Å². The van der Waals surface area contributed by atoms with Crippen molar-refractivity contribution in [3.8, 4) is 11.1 Å². The van der Waals surface area contributed by atoms with E-state index in [1.807, 2.05) is 53.2 Å². The summed E-state index contributed by atoms with van der Waals surface area (Å²) in [5, 5.41) is 36.1.